The Bertz CT molecular complexity index is 1390. The summed E-state index contributed by atoms with van der Waals surface area (Å²) < 4.78 is 10.8. The van der Waals surface area contributed by atoms with Gasteiger partial charge in [-0.2, -0.15) is 0 Å². The van der Waals surface area contributed by atoms with Crippen molar-refractivity contribution in [3.63, 3.8) is 0 Å². The van der Waals surface area contributed by atoms with Gasteiger partial charge in [0.05, 0.1) is 35.4 Å². The van der Waals surface area contributed by atoms with Crippen LogP contribution in [0.5, 0.6) is 5.75 Å². The molecule has 4 rings (SSSR count). The number of anilines is 1. The van der Waals surface area contributed by atoms with E-state index in [-0.39, 0.29) is 29.4 Å². The van der Waals surface area contributed by atoms with Gasteiger partial charge in [-0.3, -0.25) is 19.5 Å². The first-order valence-corrected chi connectivity index (χ1v) is 12.5. The monoisotopic (exact) mass is 534 g/mol. The number of rotatable bonds is 8. The van der Waals surface area contributed by atoms with E-state index >= 15 is 0 Å². The number of esters is 1. The lowest BCUT2D eigenvalue weighted by Gasteiger charge is -2.25. The van der Waals surface area contributed by atoms with Crippen molar-refractivity contribution in [1.82, 2.24) is 4.98 Å². The second kappa shape index (κ2) is 11.5. The minimum atomic E-state index is -0.964. The van der Waals surface area contributed by atoms with Crippen molar-refractivity contribution in [1.29, 1.82) is 0 Å². The molecule has 38 heavy (non-hydrogen) atoms. The number of amides is 1. The average Bonchev–Trinajstić information content (AvgIpc) is 3.19. The second-order valence-corrected chi connectivity index (χ2v) is 9.48. The van der Waals surface area contributed by atoms with Gasteiger partial charge in [0.15, 0.2) is 0 Å². The van der Waals surface area contributed by atoms with Gasteiger partial charge in [-0.1, -0.05) is 31.5 Å². The number of ether oxygens (including phenoxy) is 2. The molecule has 1 N–H and O–H groups in total. The molecule has 1 atom stereocenters. The van der Waals surface area contributed by atoms with Crippen molar-refractivity contribution in [3.8, 4) is 5.75 Å². The molecule has 1 aliphatic rings. The number of pyridine rings is 1. The van der Waals surface area contributed by atoms with Gasteiger partial charge in [0, 0.05) is 23.6 Å². The van der Waals surface area contributed by atoms with E-state index in [1.165, 1.54) is 29.3 Å². The van der Waals surface area contributed by atoms with Crippen molar-refractivity contribution < 1.29 is 29.0 Å². The summed E-state index contributed by atoms with van der Waals surface area (Å²) in [5.41, 5.74) is 1.37. The van der Waals surface area contributed by atoms with E-state index in [4.69, 9.17) is 21.1 Å². The number of Topliss-reactive ketones (excluding diaryl/α,β-unsaturated/α-hetero) is 1. The topological polar surface area (TPSA) is 106 Å². The molecule has 2 heterocycles. The Morgan fingerprint density at radius 1 is 1.11 bits per heavy atom. The Labute approximate surface area is 225 Å². The lowest BCUT2D eigenvalue weighted by Crippen LogP contribution is -2.29. The standard InChI is InChI=1S/C29H27ClN2O6/c1-4-37-23-14-19(9-12-22(23)30)26(33)24-25(20-6-5-13-31-15-20)32(28(35)27(24)34)21-10-7-18(8-11-21)29(36)38-16-17(2)3/h5-15,17,25,33H,4,16H2,1-3H3/b26-24-. The maximum absolute atomic E-state index is 13.3. The molecular weight excluding hydrogens is 508 g/mol. The van der Waals surface area contributed by atoms with Gasteiger partial charge in [0.25, 0.3) is 11.7 Å². The molecule has 3 aromatic rings. The molecule has 8 nitrogen and oxygen atoms in total. The largest absolute Gasteiger partial charge is 0.507 e. The van der Waals surface area contributed by atoms with E-state index < -0.39 is 23.7 Å². The van der Waals surface area contributed by atoms with Crippen molar-refractivity contribution >= 4 is 40.7 Å². The van der Waals surface area contributed by atoms with Gasteiger partial charge >= 0.3 is 5.97 Å². The average molecular weight is 535 g/mol. The van der Waals surface area contributed by atoms with Gasteiger partial charge in [0.1, 0.15) is 11.5 Å². The number of halogens is 1. The van der Waals surface area contributed by atoms with Crippen molar-refractivity contribution in [2.75, 3.05) is 18.1 Å². The Morgan fingerprint density at radius 3 is 2.45 bits per heavy atom. The number of aliphatic hydroxyl groups excluding tert-OH is 1. The molecule has 2 aromatic carbocycles. The molecule has 1 aliphatic heterocycles. The number of carbonyl (C=O) groups is 3. The van der Waals surface area contributed by atoms with Crippen LogP contribution in [0.2, 0.25) is 5.02 Å². The summed E-state index contributed by atoms with van der Waals surface area (Å²) in [5.74, 6) is -2.01. The fourth-order valence-electron chi connectivity index (χ4n) is 4.11. The molecule has 0 aliphatic carbocycles. The normalized spacial score (nSPS) is 16.7. The lowest BCUT2D eigenvalue weighted by atomic mass is 9.96. The third kappa shape index (κ3) is 5.40. The first-order valence-electron chi connectivity index (χ1n) is 12.1. The predicted octanol–water partition coefficient (Wildman–Crippen LogP) is 5.57. The zero-order valence-corrected chi connectivity index (χ0v) is 21.9. The molecule has 0 radical (unpaired) electrons. The maximum Gasteiger partial charge on any atom is 0.338 e. The van der Waals surface area contributed by atoms with E-state index in [9.17, 15) is 19.5 Å². The van der Waals surface area contributed by atoms with Crippen LogP contribution in [0.15, 0.2) is 72.6 Å². The Kier molecular flexibility index (Phi) is 8.12. The second-order valence-electron chi connectivity index (χ2n) is 9.07. The number of aliphatic hydroxyl groups is 1. The lowest BCUT2D eigenvalue weighted by molar-refractivity contribution is -0.132. The van der Waals surface area contributed by atoms with Gasteiger partial charge in [-0.25, -0.2) is 4.79 Å². The van der Waals surface area contributed by atoms with E-state index in [2.05, 4.69) is 4.98 Å². The van der Waals surface area contributed by atoms with Crippen molar-refractivity contribution in [3.05, 3.63) is 94.3 Å². The van der Waals surface area contributed by atoms with Gasteiger partial charge in [-0.05, 0) is 66.9 Å². The first kappa shape index (κ1) is 26.9. The molecule has 0 bridgehead atoms. The fraction of sp³-hybridized carbons (Fsp3) is 0.241. The molecule has 1 amide bonds. The van der Waals surface area contributed by atoms with Gasteiger partial charge in [0.2, 0.25) is 0 Å². The highest BCUT2D eigenvalue weighted by atomic mass is 35.5. The first-order chi connectivity index (χ1) is 18.2. The number of hydrogen-bond acceptors (Lipinski definition) is 7. The summed E-state index contributed by atoms with van der Waals surface area (Å²) in [6.45, 7) is 6.31. The Morgan fingerprint density at radius 2 is 1.82 bits per heavy atom. The number of carbonyl (C=O) groups excluding carboxylic acids is 3. The molecule has 1 saturated heterocycles. The third-order valence-corrected chi connectivity index (χ3v) is 6.19. The predicted molar refractivity (Wildman–Crippen MR) is 143 cm³/mol. The fourth-order valence-corrected chi connectivity index (χ4v) is 4.28. The van der Waals surface area contributed by atoms with Crippen LogP contribution in [0.25, 0.3) is 5.76 Å². The highest BCUT2D eigenvalue weighted by Crippen LogP contribution is 2.42. The summed E-state index contributed by atoms with van der Waals surface area (Å²) in [6, 6.07) is 13.2. The molecule has 0 spiro atoms. The maximum atomic E-state index is 13.3. The van der Waals surface area contributed by atoms with Crippen LogP contribution >= 0.6 is 11.6 Å². The number of benzene rings is 2. The quantitative estimate of drug-likeness (QED) is 0.174. The molecule has 1 fully saturated rings. The molecule has 0 saturated carbocycles. The van der Waals surface area contributed by atoms with Crippen LogP contribution < -0.4 is 9.64 Å². The van der Waals surface area contributed by atoms with Gasteiger partial charge < -0.3 is 14.6 Å². The SMILES string of the molecule is CCOc1cc(/C(O)=C2/C(=O)C(=O)N(c3ccc(C(=O)OCC(C)C)cc3)C2c2cccnc2)ccc1Cl. The molecule has 1 aromatic heterocycles. The highest BCUT2D eigenvalue weighted by Gasteiger charge is 2.47. The van der Waals surface area contributed by atoms with Crippen LogP contribution in [0.4, 0.5) is 5.69 Å². The number of hydrogen-bond donors (Lipinski definition) is 1. The Balaban J connectivity index is 1.79. The molecular formula is C29H27ClN2O6. The summed E-state index contributed by atoms with van der Waals surface area (Å²) >= 11 is 6.20. The molecule has 1 unspecified atom stereocenters. The van der Waals surface area contributed by atoms with E-state index in [1.54, 1.807) is 49.5 Å². The summed E-state index contributed by atoms with van der Waals surface area (Å²) in [5, 5.41) is 11.7. The van der Waals surface area contributed by atoms with Gasteiger partial charge in [-0.15, -0.1) is 0 Å². The van der Waals surface area contributed by atoms with Crippen LogP contribution in [0.1, 0.15) is 48.3 Å². The van der Waals surface area contributed by atoms with Crippen molar-refractivity contribution in [2.24, 2.45) is 5.92 Å². The van der Waals surface area contributed by atoms with Crippen LogP contribution in [-0.2, 0) is 14.3 Å². The number of nitrogens with zero attached hydrogens (tertiary/aromatic N) is 2. The van der Waals surface area contributed by atoms with Crippen LogP contribution in [0, 0.1) is 5.92 Å². The summed E-state index contributed by atoms with van der Waals surface area (Å²) in [7, 11) is 0. The zero-order valence-electron chi connectivity index (χ0n) is 21.2. The van der Waals surface area contributed by atoms with E-state index in [0.717, 1.165) is 0 Å². The van der Waals surface area contributed by atoms with Crippen LogP contribution in [-0.4, -0.2) is 41.0 Å². The summed E-state index contributed by atoms with van der Waals surface area (Å²) in [4.78, 5) is 44.4. The highest BCUT2D eigenvalue weighted by molar-refractivity contribution is 6.51. The van der Waals surface area contributed by atoms with E-state index in [1.807, 2.05) is 13.8 Å². The van der Waals surface area contributed by atoms with Crippen LogP contribution in [0.3, 0.4) is 0 Å². The smallest absolute Gasteiger partial charge is 0.338 e. The minimum absolute atomic E-state index is 0.104. The molecule has 9 heteroatoms. The summed E-state index contributed by atoms with van der Waals surface area (Å²) in [6.07, 6.45) is 3.10. The molecule has 196 valence electrons. The minimum Gasteiger partial charge on any atom is -0.507 e. The number of aromatic nitrogens is 1. The zero-order chi connectivity index (χ0) is 27.4. The van der Waals surface area contributed by atoms with Crippen molar-refractivity contribution in [2.45, 2.75) is 26.8 Å². The third-order valence-electron chi connectivity index (χ3n) is 5.88. The number of ketones is 1. The Hall–Kier alpha value is -4.17. The van der Waals surface area contributed by atoms with E-state index in [0.29, 0.717) is 34.2 Å².